The Balaban J connectivity index is 1.76. The standard InChI is InChI=1S/C18H13ClN2O6/c1-25-18(22)12-4-7-16(15(8-12)21(23)24)26-9-14-10-27-17(20-14)11-2-5-13(19)6-3-11/h2-8,10H,9H2,1H3. The minimum Gasteiger partial charge on any atom is -0.480 e. The first-order valence-corrected chi connectivity index (χ1v) is 8.05. The summed E-state index contributed by atoms with van der Waals surface area (Å²) in [6, 6.07) is 10.8. The normalized spacial score (nSPS) is 10.4. The molecule has 0 aliphatic carbocycles. The fourth-order valence-electron chi connectivity index (χ4n) is 2.28. The number of benzene rings is 2. The first-order chi connectivity index (χ1) is 13.0. The van der Waals surface area contributed by atoms with Gasteiger partial charge in [-0.25, -0.2) is 9.78 Å². The molecule has 0 saturated carbocycles. The lowest BCUT2D eigenvalue weighted by molar-refractivity contribution is -0.386. The average Bonchev–Trinajstić information content (AvgIpc) is 3.15. The molecule has 3 rings (SSSR count). The van der Waals surface area contributed by atoms with Crippen molar-refractivity contribution in [3.63, 3.8) is 0 Å². The van der Waals surface area contributed by atoms with Gasteiger partial charge in [-0.3, -0.25) is 10.1 Å². The number of carbonyl (C=O) groups excluding carboxylic acids is 1. The Labute approximate surface area is 158 Å². The van der Waals surface area contributed by atoms with E-state index in [9.17, 15) is 14.9 Å². The third-order valence-corrected chi connectivity index (χ3v) is 3.85. The maximum Gasteiger partial charge on any atom is 0.338 e. The number of methoxy groups -OCH3 is 1. The summed E-state index contributed by atoms with van der Waals surface area (Å²) in [7, 11) is 1.20. The number of rotatable bonds is 6. The van der Waals surface area contributed by atoms with Gasteiger partial charge < -0.3 is 13.9 Å². The van der Waals surface area contributed by atoms with E-state index < -0.39 is 10.9 Å². The van der Waals surface area contributed by atoms with Crippen LogP contribution >= 0.6 is 11.6 Å². The summed E-state index contributed by atoms with van der Waals surface area (Å²) in [4.78, 5) is 26.4. The molecule has 0 aliphatic rings. The van der Waals surface area contributed by atoms with E-state index >= 15 is 0 Å². The fourth-order valence-corrected chi connectivity index (χ4v) is 2.40. The molecular formula is C18H13ClN2O6. The molecule has 0 unspecified atom stereocenters. The molecule has 0 amide bonds. The number of carbonyl (C=O) groups is 1. The van der Waals surface area contributed by atoms with Crippen LogP contribution in [0.3, 0.4) is 0 Å². The van der Waals surface area contributed by atoms with Crippen molar-refractivity contribution in [1.29, 1.82) is 0 Å². The maximum atomic E-state index is 11.5. The molecular weight excluding hydrogens is 376 g/mol. The lowest BCUT2D eigenvalue weighted by atomic mass is 10.2. The van der Waals surface area contributed by atoms with Gasteiger partial charge in [0, 0.05) is 16.7 Å². The Morgan fingerprint density at radius 3 is 2.67 bits per heavy atom. The molecule has 0 aliphatic heterocycles. The van der Waals surface area contributed by atoms with Gasteiger partial charge in [-0.05, 0) is 36.4 Å². The molecule has 0 atom stereocenters. The van der Waals surface area contributed by atoms with Crippen molar-refractivity contribution in [2.75, 3.05) is 7.11 Å². The van der Waals surface area contributed by atoms with Crippen molar-refractivity contribution in [2.24, 2.45) is 0 Å². The second kappa shape index (κ2) is 7.88. The molecule has 3 aromatic rings. The largest absolute Gasteiger partial charge is 0.480 e. The number of oxazole rings is 1. The number of nitrogens with zero attached hydrogens (tertiary/aromatic N) is 2. The summed E-state index contributed by atoms with van der Waals surface area (Å²) in [5, 5.41) is 11.8. The summed E-state index contributed by atoms with van der Waals surface area (Å²) >= 11 is 5.85. The van der Waals surface area contributed by atoms with Crippen LogP contribution in [-0.2, 0) is 11.3 Å². The number of nitro benzene ring substituents is 1. The van der Waals surface area contributed by atoms with Crippen LogP contribution in [0.2, 0.25) is 5.02 Å². The summed E-state index contributed by atoms with van der Waals surface area (Å²) in [5.74, 6) is -0.293. The van der Waals surface area contributed by atoms with Gasteiger partial charge in [0.1, 0.15) is 18.6 Å². The van der Waals surface area contributed by atoms with Gasteiger partial charge in [0.05, 0.1) is 17.6 Å². The van der Waals surface area contributed by atoms with Crippen LogP contribution in [0.1, 0.15) is 16.1 Å². The lowest BCUT2D eigenvalue weighted by Crippen LogP contribution is -2.04. The number of halogens is 1. The Hall–Kier alpha value is -3.39. The molecule has 2 aromatic carbocycles. The summed E-state index contributed by atoms with van der Waals surface area (Å²) < 4.78 is 15.4. The first-order valence-electron chi connectivity index (χ1n) is 7.68. The fraction of sp³-hybridized carbons (Fsp3) is 0.111. The average molecular weight is 389 g/mol. The molecule has 1 heterocycles. The van der Waals surface area contributed by atoms with Crippen molar-refractivity contribution in [2.45, 2.75) is 6.61 Å². The summed E-state index contributed by atoms with van der Waals surface area (Å²) in [5.41, 5.74) is 0.896. The molecule has 0 bridgehead atoms. The number of nitro groups is 1. The minimum atomic E-state index is -0.672. The molecule has 138 valence electrons. The lowest BCUT2D eigenvalue weighted by Gasteiger charge is -2.06. The highest BCUT2D eigenvalue weighted by molar-refractivity contribution is 6.30. The number of aromatic nitrogens is 1. The molecule has 0 radical (unpaired) electrons. The van der Waals surface area contributed by atoms with Crippen molar-refractivity contribution < 1.29 is 23.6 Å². The van der Waals surface area contributed by atoms with Crippen molar-refractivity contribution in [1.82, 2.24) is 4.98 Å². The first kappa shape index (κ1) is 18.4. The Morgan fingerprint density at radius 1 is 1.26 bits per heavy atom. The van der Waals surface area contributed by atoms with Gasteiger partial charge in [-0.2, -0.15) is 0 Å². The predicted molar refractivity (Wildman–Crippen MR) is 95.7 cm³/mol. The predicted octanol–water partition coefficient (Wildman–Crippen LogP) is 4.27. The number of hydrogen-bond donors (Lipinski definition) is 0. The molecule has 27 heavy (non-hydrogen) atoms. The van der Waals surface area contributed by atoms with Crippen LogP contribution in [0.5, 0.6) is 5.75 Å². The zero-order valence-corrected chi connectivity index (χ0v) is 14.8. The topological polar surface area (TPSA) is 105 Å². The highest BCUT2D eigenvalue weighted by Gasteiger charge is 2.19. The van der Waals surface area contributed by atoms with Crippen LogP contribution in [0, 0.1) is 10.1 Å². The maximum absolute atomic E-state index is 11.5. The van der Waals surface area contributed by atoms with Gasteiger partial charge in [-0.15, -0.1) is 0 Å². The molecule has 1 aromatic heterocycles. The van der Waals surface area contributed by atoms with Gasteiger partial charge in [0.25, 0.3) is 0 Å². The molecule has 0 saturated heterocycles. The van der Waals surface area contributed by atoms with E-state index in [-0.39, 0.29) is 23.6 Å². The number of esters is 1. The zero-order chi connectivity index (χ0) is 19.4. The quantitative estimate of drug-likeness (QED) is 0.352. The third kappa shape index (κ3) is 4.24. The van der Waals surface area contributed by atoms with Crippen LogP contribution in [0.25, 0.3) is 11.5 Å². The van der Waals surface area contributed by atoms with E-state index in [1.54, 1.807) is 24.3 Å². The summed E-state index contributed by atoms with van der Waals surface area (Å²) in [6.45, 7) is -0.0461. The molecule has 9 heteroatoms. The van der Waals surface area contributed by atoms with Crippen LogP contribution in [-0.4, -0.2) is 23.0 Å². The van der Waals surface area contributed by atoms with Crippen LogP contribution in [0.15, 0.2) is 53.1 Å². The zero-order valence-electron chi connectivity index (χ0n) is 14.0. The van der Waals surface area contributed by atoms with E-state index in [0.717, 1.165) is 11.6 Å². The molecule has 0 fully saturated rings. The van der Waals surface area contributed by atoms with E-state index in [0.29, 0.717) is 16.6 Å². The molecule has 8 nitrogen and oxygen atoms in total. The van der Waals surface area contributed by atoms with Gasteiger partial charge >= 0.3 is 11.7 Å². The second-order valence-corrected chi connectivity index (χ2v) is 5.81. The van der Waals surface area contributed by atoms with Crippen molar-refractivity contribution >= 4 is 23.3 Å². The van der Waals surface area contributed by atoms with E-state index in [4.69, 9.17) is 20.8 Å². The molecule has 0 spiro atoms. The number of ether oxygens (including phenoxy) is 2. The summed E-state index contributed by atoms with van der Waals surface area (Å²) in [6.07, 6.45) is 1.40. The highest BCUT2D eigenvalue weighted by atomic mass is 35.5. The van der Waals surface area contributed by atoms with Crippen LogP contribution < -0.4 is 4.74 Å². The van der Waals surface area contributed by atoms with Crippen LogP contribution in [0.4, 0.5) is 5.69 Å². The Bertz CT molecular complexity index is 984. The van der Waals surface area contributed by atoms with Crippen molar-refractivity contribution in [3.8, 4) is 17.2 Å². The van der Waals surface area contributed by atoms with Crippen molar-refractivity contribution in [3.05, 3.63) is 75.1 Å². The van der Waals surface area contributed by atoms with E-state index in [1.807, 2.05) is 0 Å². The van der Waals surface area contributed by atoms with Gasteiger partial charge in [0.15, 0.2) is 5.75 Å². The highest BCUT2D eigenvalue weighted by Crippen LogP contribution is 2.29. The second-order valence-electron chi connectivity index (χ2n) is 5.37. The minimum absolute atomic E-state index is 0.00342. The SMILES string of the molecule is COC(=O)c1ccc(OCc2coc(-c3ccc(Cl)cc3)n2)c([N+](=O)[O-])c1. The smallest absolute Gasteiger partial charge is 0.338 e. The van der Waals surface area contributed by atoms with Gasteiger partial charge in [-0.1, -0.05) is 11.6 Å². The van der Waals surface area contributed by atoms with Gasteiger partial charge in [0.2, 0.25) is 5.89 Å². The van der Waals surface area contributed by atoms with E-state index in [2.05, 4.69) is 9.72 Å². The molecule has 0 N–H and O–H groups in total. The Kier molecular flexibility index (Phi) is 5.37. The van der Waals surface area contributed by atoms with E-state index in [1.165, 1.54) is 25.5 Å². The number of hydrogen-bond acceptors (Lipinski definition) is 7. The Morgan fingerprint density at radius 2 is 2.00 bits per heavy atom. The third-order valence-electron chi connectivity index (χ3n) is 3.60. The monoisotopic (exact) mass is 388 g/mol.